The molecule has 6 aromatic rings. The molecular formula is C24H16N6O5. The smallest absolute Gasteiger partial charge is 0.257 e. The summed E-state index contributed by atoms with van der Waals surface area (Å²) >= 11 is 0. The van der Waals surface area contributed by atoms with E-state index in [1.54, 1.807) is 37.6 Å². The molecule has 0 fully saturated rings. The van der Waals surface area contributed by atoms with Gasteiger partial charge in [-0.05, 0) is 24.3 Å². The highest BCUT2D eigenvalue weighted by molar-refractivity contribution is 6.15. The van der Waals surface area contributed by atoms with E-state index in [1.807, 2.05) is 6.07 Å². The summed E-state index contributed by atoms with van der Waals surface area (Å²) in [5, 5.41) is 25.5. The number of aromatic nitrogens is 4. The molecule has 3 N–H and O–H groups in total. The van der Waals surface area contributed by atoms with Crippen LogP contribution in [0.2, 0.25) is 0 Å². The average Bonchev–Trinajstić information content (AvgIpc) is 3.53. The molecule has 1 amide bonds. The lowest BCUT2D eigenvalue weighted by Gasteiger charge is -2.12. The van der Waals surface area contributed by atoms with E-state index in [4.69, 9.17) is 13.8 Å². The van der Waals surface area contributed by atoms with E-state index in [9.17, 15) is 9.90 Å². The number of benzene rings is 3. The maximum absolute atomic E-state index is 13.2. The van der Waals surface area contributed by atoms with E-state index in [2.05, 4.69) is 30.9 Å². The van der Waals surface area contributed by atoms with Gasteiger partial charge in [0.2, 0.25) is 0 Å². The second-order valence-corrected chi connectivity index (χ2v) is 7.66. The van der Waals surface area contributed by atoms with Gasteiger partial charge in [0.25, 0.3) is 5.91 Å². The molecule has 11 nitrogen and oxygen atoms in total. The standard InChI is InChI=1S/C24H16N6O5/c1-33-15-6-13-10-28-35-22(13)19(8-15)29-23-16-3-2-4-17(20(16)25-11-26-23)24(32)30-18-7-14(31)5-12-9-27-34-21(12)18/h2-11,31H,1H3,(H,30,32)(H,25,26,29). The Morgan fingerprint density at radius 1 is 0.971 bits per heavy atom. The van der Waals surface area contributed by atoms with Gasteiger partial charge in [0.05, 0.1) is 42.0 Å². The van der Waals surface area contributed by atoms with Crippen LogP contribution in [-0.2, 0) is 0 Å². The zero-order valence-electron chi connectivity index (χ0n) is 18.1. The van der Waals surface area contributed by atoms with E-state index in [-0.39, 0.29) is 11.4 Å². The number of nitrogens with one attached hydrogen (secondary N) is 2. The molecule has 0 radical (unpaired) electrons. The van der Waals surface area contributed by atoms with Crippen LogP contribution in [0.4, 0.5) is 17.2 Å². The molecule has 0 aliphatic heterocycles. The fourth-order valence-corrected chi connectivity index (χ4v) is 3.92. The number of fused-ring (bicyclic) bond motifs is 3. The fraction of sp³-hybridized carbons (Fsp3) is 0.0417. The van der Waals surface area contributed by atoms with Crippen molar-refractivity contribution in [1.82, 2.24) is 20.3 Å². The molecule has 0 unspecified atom stereocenters. The highest BCUT2D eigenvalue weighted by Gasteiger charge is 2.18. The first-order valence-electron chi connectivity index (χ1n) is 10.4. The Balaban J connectivity index is 1.40. The van der Waals surface area contributed by atoms with Crippen molar-refractivity contribution in [2.24, 2.45) is 0 Å². The Morgan fingerprint density at radius 2 is 1.74 bits per heavy atom. The minimum Gasteiger partial charge on any atom is -0.508 e. The molecular weight excluding hydrogens is 452 g/mol. The third kappa shape index (κ3) is 3.51. The van der Waals surface area contributed by atoms with Crippen LogP contribution < -0.4 is 15.4 Å². The van der Waals surface area contributed by atoms with Crippen molar-refractivity contribution >= 4 is 55.9 Å². The number of para-hydroxylation sites is 1. The van der Waals surface area contributed by atoms with Gasteiger partial charge in [0.15, 0.2) is 11.2 Å². The van der Waals surface area contributed by atoms with Crippen molar-refractivity contribution < 1.29 is 23.7 Å². The third-order valence-electron chi connectivity index (χ3n) is 5.51. The van der Waals surface area contributed by atoms with Gasteiger partial charge in [-0.2, -0.15) is 0 Å². The molecule has 0 bridgehead atoms. The summed E-state index contributed by atoms with van der Waals surface area (Å²) in [4.78, 5) is 21.9. The number of methoxy groups -OCH3 is 1. The van der Waals surface area contributed by atoms with Crippen LogP contribution in [0.5, 0.6) is 11.5 Å². The number of amides is 1. The van der Waals surface area contributed by atoms with Gasteiger partial charge < -0.3 is 29.5 Å². The number of ether oxygens (including phenoxy) is 1. The Kier molecular flexibility index (Phi) is 4.66. The minimum absolute atomic E-state index is 0.0280. The molecule has 0 atom stereocenters. The number of phenolic OH excluding ortho intramolecular Hbond substituents is 1. The minimum atomic E-state index is -0.442. The van der Waals surface area contributed by atoms with Crippen molar-refractivity contribution in [2.75, 3.05) is 17.7 Å². The van der Waals surface area contributed by atoms with Gasteiger partial charge >= 0.3 is 0 Å². The molecule has 172 valence electrons. The molecule has 11 heteroatoms. The van der Waals surface area contributed by atoms with E-state index in [1.165, 1.54) is 24.7 Å². The summed E-state index contributed by atoms with van der Waals surface area (Å²) in [6.45, 7) is 0. The first-order valence-corrected chi connectivity index (χ1v) is 10.4. The Morgan fingerprint density at radius 3 is 2.54 bits per heavy atom. The van der Waals surface area contributed by atoms with Gasteiger partial charge in [0.1, 0.15) is 23.6 Å². The third-order valence-corrected chi connectivity index (χ3v) is 5.51. The largest absolute Gasteiger partial charge is 0.508 e. The van der Waals surface area contributed by atoms with Crippen molar-refractivity contribution in [3.05, 3.63) is 66.7 Å². The predicted octanol–water partition coefficient (Wildman–Crippen LogP) is 4.62. The summed E-state index contributed by atoms with van der Waals surface area (Å²) in [6, 6.07) is 11.6. The maximum atomic E-state index is 13.2. The predicted molar refractivity (Wildman–Crippen MR) is 127 cm³/mol. The van der Waals surface area contributed by atoms with Gasteiger partial charge in [-0.15, -0.1) is 0 Å². The first-order chi connectivity index (χ1) is 17.1. The lowest BCUT2D eigenvalue weighted by molar-refractivity contribution is 0.102. The van der Waals surface area contributed by atoms with Gasteiger partial charge in [-0.3, -0.25) is 4.79 Å². The van der Waals surface area contributed by atoms with Crippen LogP contribution in [0.15, 0.2) is 70.2 Å². The molecule has 3 aromatic heterocycles. The van der Waals surface area contributed by atoms with E-state index in [0.29, 0.717) is 50.3 Å². The van der Waals surface area contributed by atoms with E-state index < -0.39 is 5.91 Å². The maximum Gasteiger partial charge on any atom is 0.257 e. The number of rotatable bonds is 5. The zero-order chi connectivity index (χ0) is 23.9. The van der Waals surface area contributed by atoms with Crippen molar-refractivity contribution in [2.45, 2.75) is 0 Å². The van der Waals surface area contributed by atoms with E-state index in [0.717, 1.165) is 5.39 Å². The molecule has 0 aliphatic rings. The second kappa shape index (κ2) is 7.99. The number of hydrogen-bond donors (Lipinski definition) is 3. The number of hydrogen-bond acceptors (Lipinski definition) is 10. The van der Waals surface area contributed by atoms with Crippen LogP contribution in [0.25, 0.3) is 32.8 Å². The summed E-state index contributed by atoms with van der Waals surface area (Å²) in [7, 11) is 1.57. The molecule has 0 aliphatic carbocycles. The average molecular weight is 468 g/mol. The number of carbonyl (C=O) groups excluding carboxylic acids is 1. The van der Waals surface area contributed by atoms with Crippen molar-refractivity contribution in [3.63, 3.8) is 0 Å². The number of anilines is 3. The Labute approximate surface area is 196 Å². The SMILES string of the molecule is COc1cc(Nc2ncnc3c(C(=O)Nc4cc(O)cc5cnoc45)cccc23)c2oncc2c1. The summed E-state index contributed by atoms with van der Waals surface area (Å²) in [5.41, 5.74) is 2.50. The molecule has 6 rings (SSSR count). The quantitative estimate of drug-likeness (QED) is 0.327. The molecule has 3 aromatic carbocycles. The Bertz CT molecular complexity index is 1740. The van der Waals surface area contributed by atoms with Crippen molar-refractivity contribution in [3.8, 4) is 11.5 Å². The highest BCUT2D eigenvalue weighted by atomic mass is 16.5. The van der Waals surface area contributed by atoms with Crippen LogP contribution in [0.3, 0.4) is 0 Å². The molecule has 35 heavy (non-hydrogen) atoms. The van der Waals surface area contributed by atoms with Gasteiger partial charge in [-0.25, -0.2) is 9.97 Å². The summed E-state index contributed by atoms with van der Waals surface area (Å²) < 4.78 is 16.0. The van der Waals surface area contributed by atoms with Crippen LogP contribution in [0.1, 0.15) is 10.4 Å². The number of carbonyl (C=O) groups is 1. The zero-order valence-corrected chi connectivity index (χ0v) is 18.1. The molecule has 0 saturated carbocycles. The highest BCUT2D eigenvalue weighted by Crippen LogP contribution is 2.34. The monoisotopic (exact) mass is 468 g/mol. The lowest BCUT2D eigenvalue weighted by atomic mass is 10.1. The molecule has 3 heterocycles. The van der Waals surface area contributed by atoms with Gasteiger partial charge in [-0.1, -0.05) is 16.4 Å². The van der Waals surface area contributed by atoms with Crippen LogP contribution in [-0.4, -0.2) is 38.4 Å². The molecule has 0 spiro atoms. The van der Waals surface area contributed by atoms with Crippen molar-refractivity contribution in [1.29, 1.82) is 0 Å². The molecule has 0 saturated heterocycles. The number of nitrogens with zero attached hydrogens (tertiary/aromatic N) is 4. The summed E-state index contributed by atoms with van der Waals surface area (Å²) in [6.07, 6.45) is 4.41. The summed E-state index contributed by atoms with van der Waals surface area (Å²) in [5.74, 6) is 0.611. The fourth-order valence-electron chi connectivity index (χ4n) is 3.92. The van der Waals surface area contributed by atoms with Crippen LogP contribution >= 0.6 is 0 Å². The first kappa shape index (κ1) is 20.4. The lowest BCUT2D eigenvalue weighted by Crippen LogP contribution is -2.13. The van der Waals surface area contributed by atoms with Gasteiger partial charge in [0, 0.05) is 28.3 Å². The van der Waals surface area contributed by atoms with Crippen LogP contribution in [0, 0.1) is 0 Å². The Hall–Kier alpha value is -5.19. The number of phenols is 1. The normalized spacial score (nSPS) is 11.2. The van der Waals surface area contributed by atoms with E-state index >= 15 is 0 Å². The number of aromatic hydroxyl groups is 1. The second-order valence-electron chi connectivity index (χ2n) is 7.66. The topological polar surface area (TPSA) is 148 Å².